The Morgan fingerprint density at radius 3 is 2.89 bits per heavy atom. The van der Waals surface area contributed by atoms with Gasteiger partial charge in [-0.2, -0.15) is 0 Å². The van der Waals surface area contributed by atoms with E-state index in [-0.39, 0.29) is 24.0 Å². The van der Waals surface area contributed by atoms with Crippen LogP contribution in [0.25, 0.3) is 0 Å². The van der Waals surface area contributed by atoms with Crippen molar-refractivity contribution >= 4 is 29.9 Å². The van der Waals surface area contributed by atoms with E-state index in [1.54, 1.807) is 13.2 Å². The first-order valence-electron chi connectivity index (χ1n) is 5.92. The number of halogens is 1. The molecule has 2 N–H and O–H groups in total. The summed E-state index contributed by atoms with van der Waals surface area (Å²) in [5, 5.41) is 0. The number of hydrogen-bond donors (Lipinski definition) is 1. The monoisotopic (exact) mass is 378 g/mol. The van der Waals surface area contributed by atoms with E-state index in [9.17, 15) is 0 Å². The number of methoxy groups -OCH3 is 1. The van der Waals surface area contributed by atoms with Gasteiger partial charge in [0, 0.05) is 19.2 Å². The summed E-state index contributed by atoms with van der Waals surface area (Å²) in [6.07, 6.45) is 0. The highest BCUT2D eigenvalue weighted by atomic mass is 127. The predicted molar refractivity (Wildman–Crippen MR) is 83.9 cm³/mol. The van der Waals surface area contributed by atoms with Gasteiger partial charge in [-0.1, -0.05) is 6.07 Å². The fourth-order valence-corrected chi connectivity index (χ4v) is 1.71. The molecule has 0 saturated carbocycles. The van der Waals surface area contributed by atoms with Gasteiger partial charge in [0.05, 0.1) is 32.6 Å². The van der Waals surface area contributed by atoms with Gasteiger partial charge in [-0.25, -0.2) is 9.98 Å². The van der Waals surface area contributed by atoms with Crippen LogP contribution < -0.4 is 10.5 Å². The molecule has 19 heavy (non-hydrogen) atoms. The molecule has 0 aromatic carbocycles. The number of nitrogens with two attached hydrogens (primary N) is 1. The second-order valence-electron chi connectivity index (χ2n) is 3.95. The highest BCUT2D eigenvalue weighted by molar-refractivity contribution is 14.0. The van der Waals surface area contributed by atoms with Gasteiger partial charge in [0.2, 0.25) is 5.88 Å². The SMILES string of the molecule is COc1cccc(CN=C(N)N2CCOCC2)n1.I. The highest BCUT2D eigenvalue weighted by Gasteiger charge is 2.11. The van der Waals surface area contributed by atoms with Crippen LogP contribution in [0, 0.1) is 0 Å². The van der Waals surface area contributed by atoms with Crippen molar-refractivity contribution in [1.29, 1.82) is 0 Å². The van der Waals surface area contributed by atoms with Gasteiger partial charge in [-0.05, 0) is 6.07 Å². The Hall–Kier alpha value is -1.09. The van der Waals surface area contributed by atoms with Crippen molar-refractivity contribution in [3.05, 3.63) is 23.9 Å². The molecule has 0 atom stereocenters. The first kappa shape index (κ1) is 16.0. The molecule has 0 bridgehead atoms. The number of aromatic nitrogens is 1. The number of morpholine rings is 1. The van der Waals surface area contributed by atoms with Gasteiger partial charge < -0.3 is 20.1 Å². The van der Waals surface area contributed by atoms with E-state index in [1.165, 1.54) is 0 Å². The molecule has 106 valence electrons. The van der Waals surface area contributed by atoms with Gasteiger partial charge in [-0.3, -0.25) is 0 Å². The van der Waals surface area contributed by atoms with E-state index < -0.39 is 0 Å². The zero-order valence-corrected chi connectivity index (χ0v) is 13.2. The number of pyridine rings is 1. The van der Waals surface area contributed by atoms with Gasteiger partial charge >= 0.3 is 0 Å². The fraction of sp³-hybridized carbons (Fsp3) is 0.500. The largest absolute Gasteiger partial charge is 0.481 e. The normalized spacial score (nSPS) is 15.8. The van der Waals surface area contributed by atoms with E-state index >= 15 is 0 Å². The van der Waals surface area contributed by atoms with Crippen LogP contribution in [-0.2, 0) is 11.3 Å². The standard InChI is InChI=1S/C12H18N4O2.HI/c1-17-11-4-2-3-10(15-11)9-14-12(13)16-5-7-18-8-6-16;/h2-4H,5-9H2,1H3,(H2,13,14);1H. The Balaban J connectivity index is 0.00000180. The van der Waals surface area contributed by atoms with Crippen LogP contribution in [0.15, 0.2) is 23.2 Å². The lowest BCUT2D eigenvalue weighted by atomic mass is 10.3. The van der Waals surface area contributed by atoms with Crippen LogP contribution in [0.5, 0.6) is 5.88 Å². The third kappa shape index (κ3) is 4.83. The molecule has 1 fully saturated rings. The predicted octanol–water partition coefficient (Wildman–Crippen LogP) is 0.855. The minimum Gasteiger partial charge on any atom is -0.481 e. The van der Waals surface area contributed by atoms with Crippen molar-refractivity contribution in [1.82, 2.24) is 9.88 Å². The van der Waals surface area contributed by atoms with Gasteiger partial charge in [0.15, 0.2) is 5.96 Å². The third-order valence-corrected chi connectivity index (χ3v) is 2.73. The molecule has 1 aliphatic rings. The fourth-order valence-electron chi connectivity index (χ4n) is 1.71. The highest BCUT2D eigenvalue weighted by Crippen LogP contribution is 2.07. The average molecular weight is 378 g/mol. The summed E-state index contributed by atoms with van der Waals surface area (Å²) >= 11 is 0. The molecule has 2 heterocycles. The van der Waals surface area contributed by atoms with Gasteiger partial charge in [-0.15, -0.1) is 24.0 Å². The van der Waals surface area contributed by atoms with Gasteiger partial charge in [0.1, 0.15) is 0 Å². The Labute approximate surface area is 130 Å². The Morgan fingerprint density at radius 2 is 2.21 bits per heavy atom. The number of ether oxygens (including phenoxy) is 2. The van der Waals surface area contributed by atoms with Crippen LogP contribution in [0.3, 0.4) is 0 Å². The summed E-state index contributed by atoms with van der Waals surface area (Å²) in [6.45, 7) is 3.45. The zero-order chi connectivity index (χ0) is 12.8. The van der Waals surface area contributed by atoms with Crippen molar-refractivity contribution in [2.45, 2.75) is 6.54 Å². The minimum atomic E-state index is 0. The lowest BCUT2D eigenvalue weighted by Gasteiger charge is -2.27. The van der Waals surface area contributed by atoms with Crippen LogP contribution in [0.4, 0.5) is 0 Å². The Kier molecular flexibility index (Phi) is 6.85. The maximum absolute atomic E-state index is 5.93. The van der Waals surface area contributed by atoms with Crippen molar-refractivity contribution in [3.8, 4) is 5.88 Å². The molecule has 0 spiro atoms. The van der Waals surface area contributed by atoms with Crippen molar-refractivity contribution < 1.29 is 9.47 Å². The van der Waals surface area contributed by atoms with Crippen molar-refractivity contribution in [3.63, 3.8) is 0 Å². The maximum Gasteiger partial charge on any atom is 0.213 e. The van der Waals surface area contributed by atoms with E-state index in [4.69, 9.17) is 15.2 Å². The average Bonchev–Trinajstić information content (AvgIpc) is 2.46. The first-order valence-corrected chi connectivity index (χ1v) is 5.92. The summed E-state index contributed by atoms with van der Waals surface area (Å²) in [4.78, 5) is 10.6. The quantitative estimate of drug-likeness (QED) is 0.480. The number of aliphatic imine (C=N–C) groups is 1. The van der Waals surface area contributed by atoms with Crippen molar-refractivity contribution in [2.24, 2.45) is 10.7 Å². The molecule has 0 radical (unpaired) electrons. The topological polar surface area (TPSA) is 73.0 Å². The summed E-state index contributed by atoms with van der Waals surface area (Å²) in [5.74, 6) is 1.13. The molecule has 6 nitrogen and oxygen atoms in total. The molecule has 0 aliphatic carbocycles. The molecule has 1 aromatic heterocycles. The molecule has 1 aromatic rings. The first-order chi connectivity index (χ1) is 8.79. The Morgan fingerprint density at radius 1 is 1.47 bits per heavy atom. The number of nitrogens with zero attached hydrogens (tertiary/aromatic N) is 3. The third-order valence-electron chi connectivity index (χ3n) is 2.73. The number of rotatable bonds is 3. The van der Waals surface area contributed by atoms with E-state index in [2.05, 4.69) is 9.98 Å². The second-order valence-corrected chi connectivity index (χ2v) is 3.95. The molecule has 0 amide bonds. The van der Waals surface area contributed by atoms with Crippen LogP contribution in [0.2, 0.25) is 0 Å². The van der Waals surface area contributed by atoms with E-state index in [1.807, 2.05) is 17.0 Å². The smallest absolute Gasteiger partial charge is 0.213 e. The van der Waals surface area contributed by atoms with Crippen LogP contribution in [0.1, 0.15) is 5.69 Å². The summed E-state index contributed by atoms with van der Waals surface area (Å²) in [5.41, 5.74) is 6.77. The van der Waals surface area contributed by atoms with Gasteiger partial charge in [0.25, 0.3) is 0 Å². The summed E-state index contributed by atoms with van der Waals surface area (Å²) in [6, 6.07) is 5.60. The summed E-state index contributed by atoms with van der Waals surface area (Å²) < 4.78 is 10.3. The minimum absolute atomic E-state index is 0. The lowest BCUT2D eigenvalue weighted by Crippen LogP contribution is -2.44. The molecular weight excluding hydrogens is 359 g/mol. The van der Waals surface area contributed by atoms with E-state index in [0.29, 0.717) is 31.6 Å². The van der Waals surface area contributed by atoms with Crippen LogP contribution in [-0.4, -0.2) is 49.3 Å². The molecule has 7 heteroatoms. The number of hydrogen-bond acceptors (Lipinski definition) is 4. The second kappa shape index (κ2) is 8.16. The Bertz CT molecular complexity index is 422. The molecule has 2 rings (SSSR count). The molecule has 1 saturated heterocycles. The number of guanidine groups is 1. The summed E-state index contributed by atoms with van der Waals surface area (Å²) in [7, 11) is 1.59. The van der Waals surface area contributed by atoms with Crippen molar-refractivity contribution in [2.75, 3.05) is 33.4 Å². The molecule has 0 unspecified atom stereocenters. The molecule has 1 aliphatic heterocycles. The zero-order valence-electron chi connectivity index (χ0n) is 10.9. The van der Waals surface area contributed by atoms with Crippen LogP contribution >= 0.6 is 24.0 Å². The molecular formula is C12H19IN4O2. The maximum atomic E-state index is 5.93. The lowest BCUT2D eigenvalue weighted by molar-refractivity contribution is 0.0674. The van der Waals surface area contributed by atoms with E-state index in [0.717, 1.165) is 18.8 Å².